The number of nitrogens with zero attached hydrogens (tertiary/aromatic N) is 2. The number of hydrogen-bond acceptors (Lipinski definition) is 3. The molecule has 1 heterocycles. The van der Waals surface area contributed by atoms with E-state index in [0.29, 0.717) is 12.0 Å². The summed E-state index contributed by atoms with van der Waals surface area (Å²) in [5, 5.41) is 15.9. The van der Waals surface area contributed by atoms with Crippen molar-refractivity contribution in [2.45, 2.75) is 52.6 Å². The second kappa shape index (κ2) is 7.16. The van der Waals surface area contributed by atoms with Gasteiger partial charge >= 0.3 is 0 Å². The Kier molecular flexibility index (Phi) is 5.85. The van der Waals surface area contributed by atoms with Crippen LogP contribution in [0.15, 0.2) is 6.20 Å². The van der Waals surface area contributed by atoms with Crippen molar-refractivity contribution in [2.75, 3.05) is 6.61 Å². The summed E-state index contributed by atoms with van der Waals surface area (Å²) in [5.74, 6) is -0.115. The monoisotopic (exact) mass is 253 g/mol. The van der Waals surface area contributed by atoms with Crippen molar-refractivity contribution in [3.8, 4) is 0 Å². The Morgan fingerprint density at radius 3 is 2.94 bits per heavy atom. The summed E-state index contributed by atoms with van der Waals surface area (Å²) in [6.45, 7) is 6.85. The van der Waals surface area contributed by atoms with Gasteiger partial charge in [-0.05, 0) is 26.7 Å². The Balaban J connectivity index is 2.66. The predicted octanol–water partition coefficient (Wildman–Crippen LogP) is 1.49. The highest BCUT2D eigenvalue weighted by Crippen LogP contribution is 2.09. The Hall–Kier alpha value is -1.36. The molecule has 0 bridgehead atoms. The van der Waals surface area contributed by atoms with E-state index >= 15 is 0 Å². The van der Waals surface area contributed by atoms with Gasteiger partial charge in [0.1, 0.15) is 0 Å². The van der Waals surface area contributed by atoms with Crippen LogP contribution >= 0.6 is 0 Å². The molecule has 0 aliphatic rings. The lowest BCUT2D eigenvalue weighted by Gasteiger charge is -2.12. The molecule has 102 valence electrons. The third kappa shape index (κ3) is 3.84. The third-order valence-electron chi connectivity index (χ3n) is 3.01. The largest absolute Gasteiger partial charge is 0.396 e. The summed E-state index contributed by atoms with van der Waals surface area (Å²) in [7, 11) is 0. The van der Waals surface area contributed by atoms with Gasteiger partial charge in [-0.2, -0.15) is 5.10 Å². The smallest absolute Gasteiger partial charge is 0.254 e. The van der Waals surface area contributed by atoms with Gasteiger partial charge in [-0.25, -0.2) is 0 Å². The zero-order chi connectivity index (χ0) is 13.5. The first-order valence-electron chi connectivity index (χ1n) is 6.54. The van der Waals surface area contributed by atoms with E-state index in [1.165, 1.54) is 0 Å². The van der Waals surface area contributed by atoms with Crippen LogP contribution in [0.1, 0.15) is 49.2 Å². The van der Waals surface area contributed by atoms with Crippen molar-refractivity contribution >= 4 is 5.91 Å². The number of unbranched alkanes of at least 4 members (excludes halogenated alkanes) is 1. The van der Waals surface area contributed by atoms with E-state index in [2.05, 4.69) is 17.3 Å². The first kappa shape index (κ1) is 14.7. The highest BCUT2D eigenvalue weighted by atomic mass is 16.3. The molecule has 5 heteroatoms. The minimum atomic E-state index is -0.115. The quantitative estimate of drug-likeness (QED) is 0.773. The molecule has 0 aromatic carbocycles. The molecule has 1 atom stereocenters. The van der Waals surface area contributed by atoms with Gasteiger partial charge in [-0.15, -0.1) is 0 Å². The standard InChI is InChI=1S/C13H23N3O2/c1-4-5-7-16-11(3)12(9-14-16)13(18)15-10(2)6-8-17/h9-10,17H,4-8H2,1-3H3,(H,15,18). The predicted molar refractivity (Wildman–Crippen MR) is 70.5 cm³/mol. The summed E-state index contributed by atoms with van der Waals surface area (Å²) in [6, 6.07) is -0.0270. The number of aryl methyl sites for hydroxylation is 1. The van der Waals surface area contributed by atoms with Crippen LogP contribution < -0.4 is 5.32 Å². The molecule has 0 saturated carbocycles. The number of aliphatic hydroxyl groups excluding tert-OH is 1. The first-order chi connectivity index (χ1) is 8.60. The fourth-order valence-corrected chi connectivity index (χ4v) is 1.77. The molecule has 5 nitrogen and oxygen atoms in total. The lowest BCUT2D eigenvalue weighted by molar-refractivity contribution is 0.0933. The minimum Gasteiger partial charge on any atom is -0.396 e. The van der Waals surface area contributed by atoms with E-state index in [0.717, 1.165) is 25.1 Å². The molecular formula is C13H23N3O2. The topological polar surface area (TPSA) is 67.2 Å². The maximum absolute atomic E-state index is 12.0. The fourth-order valence-electron chi connectivity index (χ4n) is 1.77. The average Bonchev–Trinajstić information content (AvgIpc) is 2.68. The number of carbonyl (C=O) groups excluding carboxylic acids is 1. The van der Waals surface area contributed by atoms with E-state index in [1.54, 1.807) is 6.20 Å². The Morgan fingerprint density at radius 1 is 1.61 bits per heavy atom. The zero-order valence-corrected chi connectivity index (χ0v) is 11.4. The maximum Gasteiger partial charge on any atom is 0.254 e. The van der Waals surface area contributed by atoms with Crippen LogP contribution in [0.25, 0.3) is 0 Å². The lowest BCUT2D eigenvalue weighted by atomic mass is 10.2. The SMILES string of the molecule is CCCCn1ncc(C(=O)NC(C)CCO)c1C. The van der Waals surface area contributed by atoms with Gasteiger partial charge in [0.15, 0.2) is 0 Å². The van der Waals surface area contributed by atoms with E-state index in [1.807, 2.05) is 18.5 Å². The van der Waals surface area contributed by atoms with Gasteiger partial charge in [-0.1, -0.05) is 13.3 Å². The summed E-state index contributed by atoms with van der Waals surface area (Å²) >= 11 is 0. The Morgan fingerprint density at radius 2 is 2.33 bits per heavy atom. The summed E-state index contributed by atoms with van der Waals surface area (Å²) in [4.78, 5) is 12.0. The van der Waals surface area contributed by atoms with Crippen molar-refractivity contribution in [2.24, 2.45) is 0 Å². The number of aliphatic hydroxyl groups is 1. The Labute approximate surface area is 108 Å². The second-order valence-electron chi connectivity index (χ2n) is 4.61. The van der Waals surface area contributed by atoms with Gasteiger partial charge in [0.05, 0.1) is 11.8 Å². The molecule has 1 amide bonds. The molecule has 0 aliphatic carbocycles. The first-order valence-corrected chi connectivity index (χ1v) is 6.54. The number of hydrogen-bond donors (Lipinski definition) is 2. The molecule has 0 radical (unpaired) electrons. The number of carbonyl (C=O) groups is 1. The minimum absolute atomic E-state index is 0.0270. The van der Waals surface area contributed by atoms with Gasteiger partial charge in [0.2, 0.25) is 0 Å². The molecule has 0 aliphatic heterocycles. The molecule has 0 fully saturated rings. The van der Waals surface area contributed by atoms with Crippen molar-refractivity contribution in [3.05, 3.63) is 17.5 Å². The van der Waals surface area contributed by atoms with Gasteiger partial charge in [0.25, 0.3) is 5.91 Å². The number of amides is 1. The summed E-state index contributed by atoms with van der Waals surface area (Å²) in [5.41, 5.74) is 1.52. The van der Waals surface area contributed by atoms with Crippen LogP contribution in [-0.4, -0.2) is 33.4 Å². The van der Waals surface area contributed by atoms with E-state index in [-0.39, 0.29) is 18.6 Å². The van der Waals surface area contributed by atoms with Crippen molar-refractivity contribution in [1.82, 2.24) is 15.1 Å². The summed E-state index contributed by atoms with van der Waals surface area (Å²) < 4.78 is 1.87. The number of aromatic nitrogens is 2. The normalized spacial score (nSPS) is 12.4. The van der Waals surface area contributed by atoms with Crippen LogP contribution in [0, 0.1) is 6.92 Å². The third-order valence-corrected chi connectivity index (χ3v) is 3.01. The molecule has 1 rings (SSSR count). The van der Waals surface area contributed by atoms with Crippen LogP contribution in [-0.2, 0) is 6.54 Å². The number of rotatable bonds is 7. The molecule has 18 heavy (non-hydrogen) atoms. The lowest BCUT2D eigenvalue weighted by Crippen LogP contribution is -2.33. The highest BCUT2D eigenvalue weighted by molar-refractivity contribution is 5.95. The molecule has 2 N–H and O–H groups in total. The molecule has 1 aromatic rings. The fraction of sp³-hybridized carbons (Fsp3) is 0.692. The summed E-state index contributed by atoms with van der Waals surface area (Å²) in [6.07, 6.45) is 4.35. The van der Waals surface area contributed by atoms with E-state index in [4.69, 9.17) is 5.11 Å². The second-order valence-corrected chi connectivity index (χ2v) is 4.61. The van der Waals surface area contributed by atoms with Crippen molar-refractivity contribution in [3.63, 3.8) is 0 Å². The maximum atomic E-state index is 12.0. The molecule has 0 saturated heterocycles. The van der Waals surface area contributed by atoms with Crippen LogP contribution in [0.3, 0.4) is 0 Å². The molecule has 1 unspecified atom stereocenters. The molecule has 1 aromatic heterocycles. The van der Waals surface area contributed by atoms with Crippen LogP contribution in [0.5, 0.6) is 0 Å². The highest BCUT2D eigenvalue weighted by Gasteiger charge is 2.15. The van der Waals surface area contributed by atoms with Crippen molar-refractivity contribution < 1.29 is 9.90 Å². The number of nitrogens with one attached hydrogen (secondary N) is 1. The van der Waals surface area contributed by atoms with Gasteiger partial charge in [-0.3, -0.25) is 9.48 Å². The van der Waals surface area contributed by atoms with Crippen molar-refractivity contribution in [1.29, 1.82) is 0 Å². The molecular weight excluding hydrogens is 230 g/mol. The van der Waals surface area contributed by atoms with E-state index in [9.17, 15) is 4.79 Å². The van der Waals surface area contributed by atoms with Crippen LogP contribution in [0.4, 0.5) is 0 Å². The van der Waals surface area contributed by atoms with Crippen LogP contribution in [0.2, 0.25) is 0 Å². The van der Waals surface area contributed by atoms with E-state index < -0.39 is 0 Å². The zero-order valence-electron chi connectivity index (χ0n) is 11.4. The van der Waals surface area contributed by atoms with Gasteiger partial charge in [0, 0.05) is 24.9 Å². The Bertz CT molecular complexity index is 388. The molecule has 0 spiro atoms. The van der Waals surface area contributed by atoms with Gasteiger partial charge < -0.3 is 10.4 Å². The average molecular weight is 253 g/mol.